The fourth-order valence-electron chi connectivity index (χ4n) is 6.23. The molecule has 1 aliphatic carbocycles. The topological polar surface area (TPSA) is 141 Å². The summed E-state index contributed by atoms with van der Waals surface area (Å²) < 4.78 is 14.5. The molecule has 44 heavy (non-hydrogen) atoms. The third kappa shape index (κ3) is 5.89. The SMILES string of the molecule is CCCc1c(Cc2ccc(-c3ccccc3-c3noc(=O)[nH]3)cc2)c(=O)n(C2CCC(OC(C)C(C)O)CC2)c2ncnn12. The van der Waals surface area contributed by atoms with Crippen molar-refractivity contribution >= 4 is 5.78 Å². The molecule has 230 valence electrons. The van der Waals surface area contributed by atoms with Crippen LogP contribution in [0.5, 0.6) is 0 Å². The van der Waals surface area contributed by atoms with Gasteiger partial charge in [0.25, 0.3) is 5.56 Å². The van der Waals surface area contributed by atoms with Crippen molar-refractivity contribution in [3.05, 3.63) is 92.6 Å². The molecule has 0 aliphatic heterocycles. The van der Waals surface area contributed by atoms with Crippen LogP contribution in [0.4, 0.5) is 0 Å². The molecule has 1 saturated carbocycles. The van der Waals surface area contributed by atoms with Gasteiger partial charge in [-0.3, -0.25) is 18.9 Å². The van der Waals surface area contributed by atoms with Crippen LogP contribution in [0.1, 0.15) is 75.7 Å². The minimum atomic E-state index is -0.602. The number of hydrogen-bond acceptors (Lipinski definition) is 8. The minimum absolute atomic E-state index is 0.00724. The van der Waals surface area contributed by atoms with E-state index in [0.717, 1.165) is 65.6 Å². The quantitative estimate of drug-likeness (QED) is 0.235. The number of ether oxygens (including phenoxy) is 1. The molecule has 0 radical (unpaired) electrons. The minimum Gasteiger partial charge on any atom is -0.391 e. The molecule has 1 aliphatic rings. The fourth-order valence-corrected chi connectivity index (χ4v) is 6.23. The Morgan fingerprint density at radius 1 is 1.05 bits per heavy atom. The Morgan fingerprint density at radius 3 is 2.43 bits per heavy atom. The van der Waals surface area contributed by atoms with Gasteiger partial charge in [-0.2, -0.15) is 10.1 Å². The molecule has 2 atom stereocenters. The highest BCUT2D eigenvalue weighted by molar-refractivity contribution is 5.80. The van der Waals surface area contributed by atoms with Gasteiger partial charge in [0.2, 0.25) is 5.78 Å². The molecule has 1 fully saturated rings. The summed E-state index contributed by atoms with van der Waals surface area (Å²) in [4.78, 5) is 33.0. The molecule has 0 saturated heterocycles. The summed E-state index contributed by atoms with van der Waals surface area (Å²) in [5.41, 5.74) is 5.24. The molecule has 0 spiro atoms. The Balaban J connectivity index is 1.31. The van der Waals surface area contributed by atoms with Gasteiger partial charge < -0.3 is 9.84 Å². The highest BCUT2D eigenvalue weighted by Gasteiger charge is 2.29. The van der Waals surface area contributed by atoms with Gasteiger partial charge in [-0.15, -0.1) is 0 Å². The number of aliphatic hydroxyl groups excluding tert-OH is 1. The highest BCUT2D eigenvalue weighted by Crippen LogP contribution is 2.33. The Kier molecular flexibility index (Phi) is 8.58. The number of aliphatic hydroxyl groups is 1. The zero-order chi connectivity index (χ0) is 30.8. The van der Waals surface area contributed by atoms with E-state index in [-0.39, 0.29) is 23.8 Å². The number of H-pyrrole nitrogens is 1. The number of aryl methyl sites for hydroxylation is 1. The summed E-state index contributed by atoms with van der Waals surface area (Å²) in [5, 5.41) is 18.3. The summed E-state index contributed by atoms with van der Waals surface area (Å²) in [6, 6.07) is 15.8. The number of rotatable bonds is 10. The maximum atomic E-state index is 14.3. The van der Waals surface area contributed by atoms with E-state index in [1.807, 2.05) is 64.5 Å². The van der Waals surface area contributed by atoms with Crippen molar-refractivity contribution in [3.8, 4) is 22.5 Å². The van der Waals surface area contributed by atoms with E-state index in [1.165, 1.54) is 6.33 Å². The second-order valence-corrected chi connectivity index (χ2v) is 11.7. The van der Waals surface area contributed by atoms with Crippen molar-refractivity contribution in [2.24, 2.45) is 0 Å². The summed E-state index contributed by atoms with van der Waals surface area (Å²) in [7, 11) is 0. The molecule has 11 nitrogen and oxygen atoms in total. The van der Waals surface area contributed by atoms with E-state index >= 15 is 0 Å². The van der Waals surface area contributed by atoms with Gasteiger partial charge in [-0.1, -0.05) is 67.0 Å². The molecule has 0 amide bonds. The van der Waals surface area contributed by atoms with Crippen LogP contribution in [-0.4, -0.2) is 52.7 Å². The maximum Gasteiger partial charge on any atom is 0.439 e. The average Bonchev–Trinajstić information content (AvgIpc) is 3.69. The van der Waals surface area contributed by atoms with Crippen molar-refractivity contribution in [2.45, 2.75) is 90.1 Å². The number of fused-ring (bicyclic) bond motifs is 1. The van der Waals surface area contributed by atoms with Gasteiger partial charge >= 0.3 is 5.76 Å². The summed E-state index contributed by atoms with van der Waals surface area (Å²) in [6.07, 6.45) is 6.09. The van der Waals surface area contributed by atoms with Crippen LogP contribution in [0.2, 0.25) is 0 Å². The number of hydrogen-bond donors (Lipinski definition) is 2. The van der Waals surface area contributed by atoms with Crippen molar-refractivity contribution in [3.63, 3.8) is 0 Å². The molecule has 2 aromatic carbocycles. The standard InChI is InChI=1S/C33H38N6O5/c1-4-7-29-28(18-22-10-12-23(13-11-22)26-8-5-6-9-27(26)30-36-33(42)44-37-30)31(41)38(32-34-19-35-39(29)32)24-14-16-25(17-15-24)43-21(3)20(2)40/h5-6,8-13,19-21,24-25,40H,4,7,14-18H2,1-3H3,(H,36,37,42). The Bertz CT molecular complexity index is 1840. The molecule has 5 aromatic rings. The second kappa shape index (κ2) is 12.7. The third-order valence-electron chi connectivity index (χ3n) is 8.68. The van der Waals surface area contributed by atoms with Crippen LogP contribution in [-0.2, 0) is 17.6 Å². The predicted octanol–water partition coefficient (Wildman–Crippen LogP) is 4.71. The third-order valence-corrected chi connectivity index (χ3v) is 8.68. The smallest absolute Gasteiger partial charge is 0.391 e. The lowest BCUT2D eigenvalue weighted by Crippen LogP contribution is -2.36. The maximum absolute atomic E-state index is 14.3. The van der Waals surface area contributed by atoms with Gasteiger partial charge in [-0.05, 0) is 62.6 Å². The van der Waals surface area contributed by atoms with Gasteiger partial charge in [-0.25, -0.2) is 9.31 Å². The van der Waals surface area contributed by atoms with E-state index in [9.17, 15) is 14.7 Å². The van der Waals surface area contributed by atoms with Crippen LogP contribution >= 0.6 is 0 Å². The van der Waals surface area contributed by atoms with E-state index in [4.69, 9.17) is 9.26 Å². The van der Waals surface area contributed by atoms with Crippen LogP contribution in [0.3, 0.4) is 0 Å². The first-order chi connectivity index (χ1) is 21.3. The highest BCUT2D eigenvalue weighted by atomic mass is 16.5. The lowest BCUT2D eigenvalue weighted by molar-refractivity contribution is -0.0758. The van der Waals surface area contributed by atoms with Crippen molar-refractivity contribution in [1.82, 2.24) is 29.3 Å². The first-order valence-electron chi connectivity index (χ1n) is 15.4. The van der Waals surface area contributed by atoms with Gasteiger partial charge in [0.1, 0.15) is 6.33 Å². The molecule has 3 aromatic heterocycles. The first kappa shape index (κ1) is 29.7. The molecule has 6 rings (SSSR count). The summed E-state index contributed by atoms with van der Waals surface area (Å²) >= 11 is 0. The number of aromatic amines is 1. The summed E-state index contributed by atoms with van der Waals surface area (Å²) in [6.45, 7) is 5.73. The Labute approximate surface area is 254 Å². The number of benzene rings is 2. The van der Waals surface area contributed by atoms with E-state index in [1.54, 1.807) is 6.92 Å². The fraction of sp³-hybridized carbons (Fsp3) is 0.424. The zero-order valence-electron chi connectivity index (χ0n) is 25.3. The largest absolute Gasteiger partial charge is 0.439 e. The number of nitrogens with zero attached hydrogens (tertiary/aromatic N) is 5. The molecular formula is C33H38N6O5. The Hall–Kier alpha value is -4.35. The lowest BCUT2D eigenvalue weighted by Gasteiger charge is -2.32. The monoisotopic (exact) mass is 598 g/mol. The van der Waals surface area contributed by atoms with Crippen molar-refractivity contribution in [2.75, 3.05) is 0 Å². The molecular weight excluding hydrogens is 560 g/mol. The Morgan fingerprint density at radius 2 is 1.77 bits per heavy atom. The van der Waals surface area contributed by atoms with Crippen LogP contribution < -0.4 is 11.3 Å². The second-order valence-electron chi connectivity index (χ2n) is 11.7. The number of aromatic nitrogens is 6. The molecule has 11 heteroatoms. The van der Waals surface area contributed by atoms with Crippen molar-refractivity contribution in [1.29, 1.82) is 0 Å². The lowest BCUT2D eigenvalue weighted by atomic mass is 9.92. The normalized spacial score (nSPS) is 18.5. The first-order valence-corrected chi connectivity index (χ1v) is 15.4. The predicted molar refractivity (Wildman–Crippen MR) is 166 cm³/mol. The van der Waals surface area contributed by atoms with E-state index in [0.29, 0.717) is 24.4 Å². The van der Waals surface area contributed by atoms with Gasteiger partial charge in [0, 0.05) is 23.6 Å². The summed E-state index contributed by atoms with van der Waals surface area (Å²) in [5.74, 6) is 0.357. The molecule has 3 heterocycles. The van der Waals surface area contributed by atoms with Crippen LogP contribution in [0.25, 0.3) is 28.3 Å². The average molecular weight is 599 g/mol. The van der Waals surface area contributed by atoms with Crippen LogP contribution in [0.15, 0.2) is 69.0 Å². The van der Waals surface area contributed by atoms with E-state index < -0.39 is 11.9 Å². The van der Waals surface area contributed by atoms with E-state index in [2.05, 4.69) is 27.1 Å². The van der Waals surface area contributed by atoms with Gasteiger partial charge in [0.15, 0.2) is 5.82 Å². The van der Waals surface area contributed by atoms with Crippen molar-refractivity contribution < 1.29 is 14.4 Å². The molecule has 0 bridgehead atoms. The van der Waals surface area contributed by atoms with Gasteiger partial charge in [0.05, 0.1) is 24.0 Å². The zero-order valence-corrected chi connectivity index (χ0v) is 25.3. The molecule has 2 unspecified atom stereocenters. The number of nitrogens with one attached hydrogen (secondary N) is 1. The van der Waals surface area contributed by atoms with Crippen LogP contribution in [0, 0.1) is 0 Å². The molecule has 2 N–H and O–H groups in total.